The SMILES string of the molecule is CC[C@@]1(C)NC(=O)N(NC(=O)c2cc(-c3cccs3)nn2-c2ccccc2)C1=O. The van der Waals surface area contributed by atoms with E-state index >= 15 is 0 Å². The molecule has 2 N–H and O–H groups in total. The number of urea groups is 1. The number of benzene rings is 1. The predicted molar refractivity (Wildman–Crippen MR) is 108 cm³/mol. The minimum Gasteiger partial charge on any atom is -0.322 e. The van der Waals surface area contributed by atoms with Gasteiger partial charge in [-0.1, -0.05) is 31.2 Å². The Bertz CT molecular complexity index is 1080. The average molecular weight is 409 g/mol. The number of imide groups is 1. The highest BCUT2D eigenvalue weighted by molar-refractivity contribution is 7.13. The Hall–Kier alpha value is -3.46. The van der Waals surface area contributed by atoms with Crippen molar-refractivity contribution in [3.8, 4) is 16.3 Å². The third-order valence-electron chi connectivity index (χ3n) is 4.90. The van der Waals surface area contributed by atoms with E-state index in [1.54, 1.807) is 19.9 Å². The van der Waals surface area contributed by atoms with Crippen LogP contribution in [-0.4, -0.2) is 38.2 Å². The second-order valence-corrected chi connectivity index (χ2v) is 7.78. The van der Waals surface area contributed by atoms with Crippen LogP contribution in [0.3, 0.4) is 0 Å². The van der Waals surface area contributed by atoms with E-state index in [4.69, 9.17) is 0 Å². The van der Waals surface area contributed by atoms with Gasteiger partial charge in [0.1, 0.15) is 16.9 Å². The zero-order valence-electron chi connectivity index (χ0n) is 15.9. The van der Waals surface area contributed by atoms with Crippen molar-refractivity contribution in [2.75, 3.05) is 0 Å². The van der Waals surface area contributed by atoms with Crippen LogP contribution in [0.2, 0.25) is 0 Å². The second-order valence-electron chi connectivity index (χ2n) is 6.84. The molecule has 0 aliphatic carbocycles. The molecule has 0 bridgehead atoms. The van der Waals surface area contributed by atoms with Crippen LogP contribution in [0.25, 0.3) is 16.3 Å². The lowest BCUT2D eigenvalue weighted by atomic mass is 10.00. The molecule has 8 nitrogen and oxygen atoms in total. The Labute approximate surface area is 171 Å². The number of hydrogen-bond donors (Lipinski definition) is 2. The Balaban J connectivity index is 1.69. The number of amides is 4. The van der Waals surface area contributed by atoms with Crippen LogP contribution in [-0.2, 0) is 4.79 Å². The maximum Gasteiger partial charge on any atom is 0.344 e. The highest BCUT2D eigenvalue weighted by Gasteiger charge is 2.47. The fourth-order valence-corrected chi connectivity index (χ4v) is 3.72. The number of carbonyl (C=O) groups is 3. The van der Waals surface area contributed by atoms with Crippen LogP contribution in [0.1, 0.15) is 30.8 Å². The summed E-state index contributed by atoms with van der Waals surface area (Å²) in [6.07, 6.45) is 0.411. The molecular formula is C20H19N5O3S. The summed E-state index contributed by atoms with van der Waals surface area (Å²) in [6, 6.07) is 14.0. The monoisotopic (exact) mass is 409 g/mol. The quantitative estimate of drug-likeness (QED) is 0.633. The van der Waals surface area contributed by atoms with Crippen molar-refractivity contribution >= 4 is 29.2 Å². The smallest absolute Gasteiger partial charge is 0.322 e. The number of aromatic nitrogens is 2. The van der Waals surface area contributed by atoms with Gasteiger partial charge >= 0.3 is 6.03 Å². The Morgan fingerprint density at radius 3 is 2.59 bits per heavy atom. The molecule has 4 rings (SSSR count). The van der Waals surface area contributed by atoms with Gasteiger partial charge in [-0.15, -0.1) is 11.3 Å². The first-order valence-corrected chi connectivity index (χ1v) is 9.98. The maximum absolute atomic E-state index is 13.0. The molecule has 4 amide bonds. The lowest BCUT2D eigenvalue weighted by Gasteiger charge is -2.19. The summed E-state index contributed by atoms with van der Waals surface area (Å²) in [5.41, 5.74) is 2.93. The Kier molecular flexibility index (Phi) is 4.67. The van der Waals surface area contributed by atoms with Crippen molar-refractivity contribution in [2.24, 2.45) is 0 Å². The van der Waals surface area contributed by atoms with Gasteiger partial charge < -0.3 is 5.32 Å². The molecule has 3 heterocycles. The fraction of sp³-hybridized carbons (Fsp3) is 0.200. The number of thiophene rings is 1. The second kappa shape index (κ2) is 7.17. The maximum atomic E-state index is 13.0. The molecule has 1 saturated heterocycles. The third kappa shape index (κ3) is 3.29. The number of hydrazine groups is 1. The molecule has 1 aromatic carbocycles. The van der Waals surface area contributed by atoms with Crippen LogP contribution >= 0.6 is 11.3 Å². The molecule has 29 heavy (non-hydrogen) atoms. The largest absolute Gasteiger partial charge is 0.344 e. The van der Waals surface area contributed by atoms with Crippen molar-refractivity contribution in [3.05, 3.63) is 59.6 Å². The van der Waals surface area contributed by atoms with E-state index in [9.17, 15) is 14.4 Å². The first-order chi connectivity index (χ1) is 13.9. The minimum atomic E-state index is -1.04. The lowest BCUT2D eigenvalue weighted by molar-refractivity contribution is -0.132. The van der Waals surface area contributed by atoms with E-state index in [1.165, 1.54) is 16.0 Å². The van der Waals surface area contributed by atoms with E-state index in [2.05, 4.69) is 15.8 Å². The van der Waals surface area contributed by atoms with Gasteiger partial charge in [-0.2, -0.15) is 10.1 Å². The molecule has 1 atom stereocenters. The van der Waals surface area contributed by atoms with Gasteiger partial charge in [0, 0.05) is 0 Å². The third-order valence-corrected chi connectivity index (χ3v) is 5.79. The summed E-state index contributed by atoms with van der Waals surface area (Å²) < 4.78 is 1.50. The van der Waals surface area contributed by atoms with E-state index in [0.717, 1.165) is 9.89 Å². The number of nitrogens with one attached hydrogen (secondary N) is 2. The molecule has 1 fully saturated rings. The summed E-state index contributed by atoms with van der Waals surface area (Å²) in [4.78, 5) is 38.8. The Morgan fingerprint density at radius 2 is 1.97 bits per heavy atom. The molecule has 0 unspecified atom stereocenters. The molecule has 3 aromatic rings. The van der Waals surface area contributed by atoms with Crippen molar-refractivity contribution in [3.63, 3.8) is 0 Å². The van der Waals surface area contributed by atoms with Gasteiger partial charge in [-0.05, 0) is 43.0 Å². The van der Waals surface area contributed by atoms with Gasteiger partial charge in [0.2, 0.25) is 0 Å². The number of rotatable bonds is 5. The van der Waals surface area contributed by atoms with Crippen LogP contribution in [0.4, 0.5) is 4.79 Å². The van der Waals surface area contributed by atoms with E-state index in [0.29, 0.717) is 17.8 Å². The zero-order chi connectivity index (χ0) is 20.6. The van der Waals surface area contributed by atoms with Gasteiger partial charge in [-0.3, -0.25) is 15.0 Å². The summed E-state index contributed by atoms with van der Waals surface area (Å²) in [5.74, 6) is -1.10. The standard InChI is InChI=1S/C20H19N5O3S/c1-3-20(2)18(27)25(19(28)21-20)23-17(26)15-12-14(16-10-7-11-29-16)22-24(15)13-8-5-4-6-9-13/h4-12H,3H2,1-2H3,(H,21,28)(H,23,26)/t20-/m1/s1. The Morgan fingerprint density at radius 1 is 1.21 bits per heavy atom. The molecule has 1 aliphatic rings. The average Bonchev–Trinajstić information content (AvgIpc) is 3.44. The summed E-state index contributed by atoms with van der Waals surface area (Å²) in [5, 5.41) is 9.84. The van der Waals surface area contributed by atoms with Gasteiger partial charge in [0.25, 0.3) is 11.8 Å². The molecule has 0 spiro atoms. The van der Waals surface area contributed by atoms with E-state index in [-0.39, 0.29) is 5.69 Å². The van der Waals surface area contributed by atoms with Crippen molar-refractivity contribution in [2.45, 2.75) is 25.8 Å². The number of hydrogen-bond acceptors (Lipinski definition) is 5. The molecule has 1 aliphatic heterocycles. The van der Waals surface area contributed by atoms with Crippen LogP contribution in [0.5, 0.6) is 0 Å². The molecular weight excluding hydrogens is 390 g/mol. The van der Waals surface area contributed by atoms with Crippen LogP contribution in [0, 0.1) is 0 Å². The fourth-order valence-electron chi connectivity index (χ4n) is 3.04. The molecule has 148 valence electrons. The van der Waals surface area contributed by atoms with E-state index in [1.807, 2.05) is 47.8 Å². The zero-order valence-corrected chi connectivity index (χ0v) is 16.7. The van der Waals surface area contributed by atoms with Gasteiger partial charge in [-0.25, -0.2) is 9.48 Å². The topological polar surface area (TPSA) is 96.3 Å². The molecule has 2 aromatic heterocycles. The lowest BCUT2D eigenvalue weighted by Crippen LogP contribution is -2.48. The highest BCUT2D eigenvalue weighted by atomic mass is 32.1. The first kappa shape index (κ1) is 18.9. The normalized spacial score (nSPS) is 18.8. The molecule has 9 heteroatoms. The van der Waals surface area contributed by atoms with Crippen molar-refractivity contribution in [1.82, 2.24) is 25.5 Å². The van der Waals surface area contributed by atoms with Crippen molar-refractivity contribution < 1.29 is 14.4 Å². The predicted octanol–water partition coefficient (Wildman–Crippen LogP) is 2.97. The van der Waals surface area contributed by atoms with Gasteiger partial charge in [0.05, 0.1) is 10.6 Å². The van der Waals surface area contributed by atoms with Crippen LogP contribution < -0.4 is 10.7 Å². The number of para-hydroxylation sites is 1. The number of nitrogens with zero attached hydrogens (tertiary/aromatic N) is 3. The van der Waals surface area contributed by atoms with Crippen molar-refractivity contribution in [1.29, 1.82) is 0 Å². The minimum absolute atomic E-state index is 0.213. The summed E-state index contributed by atoms with van der Waals surface area (Å²) in [6.45, 7) is 3.42. The van der Waals surface area contributed by atoms with Crippen LogP contribution in [0.15, 0.2) is 53.9 Å². The summed E-state index contributed by atoms with van der Waals surface area (Å²) in [7, 11) is 0. The number of carbonyl (C=O) groups excluding carboxylic acids is 3. The summed E-state index contributed by atoms with van der Waals surface area (Å²) >= 11 is 1.51. The van der Waals surface area contributed by atoms with E-state index < -0.39 is 23.4 Å². The molecule has 0 saturated carbocycles. The first-order valence-electron chi connectivity index (χ1n) is 9.10. The highest BCUT2D eigenvalue weighted by Crippen LogP contribution is 2.26. The molecule has 0 radical (unpaired) electrons. The van der Waals surface area contributed by atoms with Gasteiger partial charge in [0.15, 0.2) is 0 Å².